The maximum absolute atomic E-state index is 4.52. The van der Waals surface area contributed by atoms with Gasteiger partial charge in [0.2, 0.25) is 0 Å². The number of rotatable bonds is 6. The Morgan fingerprint density at radius 1 is 0.438 bits per heavy atom. The van der Waals surface area contributed by atoms with Gasteiger partial charge in [-0.25, -0.2) is 0 Å². The molecule has 0 unspecified atom stereocenters. The van der Waals surface area contributed by atoms with Crippen LogP contribution in [-0.2, 0) is 11.8 Å². The molecule has 12 rings (SSSR count). The van der Waals surface area contributed by atoms with E-state index in [0.717, 1.165) is 34.0 Å². The Kier molecular flexibility index (Phi) is 9.28. The predicted molar refractivity (Wildman–Crippen MR) is 273 cm³/mol. The Morgan fingerprint density at radius 2 is 1.00 bits per heavy atom. The Hall–Kier alpha value is -7.65. The lowest BCUT2D eigenvalue weighted by Crippen LogP contribution is -2.29. The SMILES string of the molecule is C=C1/C=C\C(N(c2ccc3c(c2)C(c2ccccc2)(c2ccccc2)c2ccccc2-3)c2ccccc2-c2ccc3c4ccccc4c4ccccc4c3c2)=C/Cc2ccccc2S1. The van der Waals surface area contributed by atoms with Gasteiger partial charge >= 0.3 is 0 Å². The molecule has 0 amide bonds. The summed E-state index contributed by atoms with van der Waals surface area (Å²) in [5.41, 5.74) is 14.0. The Bertz CT molecular complexity index is 3450. The number of para-hydroxylation sites is 1. The molecule has 1 aliphatic carbocycles. The minimum atomic E-state index is -0.537. The normalized spacial score (nSPS) is 15.3. The van der Waals surface area contributed by atoms with E-state index in [1.807, 2.05) is 0 Å². The second kappa shape index (κ2) is 15.6. The lowest BCUT2D eigenvalue weighted by molar-refractivity contribution is 0.768. The van der Waals surface area contributed by atoms with Crippen LogP contribution in [0, 0.1) is 0 Å². The molecule has 0 N–H and O–H groups in total. The Labute approximate surface area is 379 Å². The van der Waals surface area contributed by atoms with Crippen LogP contribution in [0.15, 0.2) is 259 Å². The van der Waals surface area contributed by atoms with Gasteiger partial charge in [0, 0.05) is 26.7 Å². The molecular weight excluding hydrogens is 791 g/mol. The van der Waals surface area contributed by atoms with Crippen LogP contribution in [-0.4, -0.2) is 0 Å². The number of benzene rings is 10. The van der Waals surface area contributed by atoms with Gasteiger partial charge in [0.05, 0.1) is 11.1 Å². The van der Waals surface area contributed by atoms with Crippen LogP contribution in [0.2, 0.25) is 0 Å². The van der Waals surface area contributed by atoms with Gasteiger partial charge in [-0.15, -0.1) is 0 Å². The smallest absolute Gasteiger partial charge is 0.0714 e. The first-order valence-electron chi connectivity index (χ1n) is 22.1. The lowest BCUT2D eigenvalue weighted by Gasteiger charge is -2.35. The molecule has 0 bridgehead atoms. The Morgan fingerprint density at radius 3 is 1.72 bits per heavy atom. The van der Waals surface area contributed by atoms with Crippen LogP contribution in [0.1, 0.15) is 27.8 Å². The van der Waals surface area contributed by atoms with Gasteiger partial charge in [0.15, 0.2) is 0 Å². The van der Waals surface area contributed by atoms with Crippen molar-refractivity contribution in [2.24, 2.45) is 0 Å². The first kappa shape index (κ1) is 38.1. The fraction of sp³-hybridized carbons (Fsp3) is 0.0323. The molecule has 0 atom stereocenters. The molecule has 1 nitrogen and oxygen atoms in total. The van der Waals surface area contributed by atoms with Crippen molar-refractivity contribution >= 4 is 55.5 Å². The predicted octanol–water partition coefficient (Wildman–Crippen LogP) is 16.6. The van der Waals surface area contributed by atoms with E-state index in [-0.39, 0.29) is 0 Å². The first-order valence-corrected chi connectivity index (χ1v) is 22.9. The van der Waals surface area contributed by atoms with Gasteiger partial charge in [-0.05, 0) is 126 Å². The van der Waals surface area contributed by atoms with E-state index in [2.05, 4.69) is 248 Å². The molecule has 0 fully saturated rings. The van der Waals surface area contributed by atoms with Crippen LogP contribution < -0.4 is 4.90 Å². The highest BCUT2D eigenvalue weighted by Gasteiger charge is 2.46. The average Bonchev–Trinajstić information content (AvgIpc) is 3.69. The topological polar surface area (TPSA) is 3.24 Å². The third-order valence-corrected chi connectivity index (χ3v) is 14.4. The quantitative estimate of drug-likeness (QED) is 0.154. The standard InChI is InChI=1S/C62H43NS/c1-42-32-35-47(36-33-43-18-8-17-31-61(43)64-42)63(60-30-16-14-23-49(60)44-34-38-54-52-26-10-9-24-50(52)51-25-11-12-27-53(51)57(54)40-44)48-37-39-56-55-28-13-15-29-58(55)62(59(56)41-48,45-19-4-2-5-20-45)46-21-6-3-7-22-46/h2-32,34-41H,1,33H2/b35-32-,47-36+. The summed E-state index contributed by atoms with van der Waals surface area (Å²) >= 11 is 1.74. The van der Waals surface area contributed by atoms with Crippen molar-refractivity contribution in [3.63, 3.8) is 0 Å². The molecule has 2 aliphatic rings. The molecule has 0 aromatic heterocycles. The fourth-order valence-electron chi connectivity index (χ4n) is 10.6. The molecule has 1 heterocycles. The number of thioether (sulfide) groups is 1. The van der Waals surface area contributed by atoms with Crippen LogP contribution in [0.25, 0.3) is 54.6 Å². The number of hydrogen-bond donors (Lipinski definition) is 0. The summed E-state index contributed by atoms with van der Waals surface area (Å²) in [5.74, 6) is 0. The van der Waals surface area contributed by atoms with E-state index in [9.17, 15) is 0 Å². The molecular formula is C62H43NS. The number of hydrogen-bond acceptors (Lipinski definition) is 2. The molecule has 10 aromatic rings. The van der Waals surface area contributed by atoms with Crippen LogP contribution in [0.4, 0.5) is 11.4 Å². The van der Waals surface area contributed by atoms with Crippen molar-refractivity contribution in [2.45, 2.75) is 16.7 Å². The van der Waals surface area contributed by atoms with E-state index in [4.69, 9.17) is 0 Å². The molecule has 0 spiro atoms. The minimum Gasteiger partial charge on any atom is -0.310 e. The fourth-order valence-corrected chi connectivity index (χ4v) is 11.4. The van der Waals surface area contributed by atoms with Crippen molar-refractivity contribution in [3.8, 4) is 22.3 Å². The third kappa shape index (κ3) is 6.09. The van der Waals surface area contributed by atoms with Crippen LogP contribution in [0.5, 0.6) is 0 Å². The average molecular weight is 834 g/mol. The van der Waals surface area contributed by atoms with Gasteiger partial charge in [0.1, 0.15) is 0 Å². The summed E-state index contributed by atoms with van der Waals surface area (Å²) in [6.45, 7) is 4.52. The highest BCUT2D eigenvalue weighted by atomic mass is 32.2. The second-order valence-corrected chi connectivity index (χ2v) is 18.0. The van der Waals surface area contributed by atoms with E-state index in [1.165, 1.54) is 81.7 Å². The van der Waals surface area contributed by atoms with E-state index < -0.39 is 5.41 Å². The number of fused-ring (bicyclic) bond motifs is 10. The number of nitrogens with zero attached hydrogens (tertiary/aromatic N) is 1. The second-order valence-electron chi connectivity index (χ2n) is 16.8. The molecule has 0 saturated carbocycles. The molecule has 10 aromatic carbocycles. The monoisotopic (exact) mass is 833 g/mol. The van der Waals surface area contributed by atoms with Gasteiger partial charge in [-0.3, -0.25) is 0 Å². The van der Waals surface area contributed by atoms with Gasteiger partial charge < -0.3 is 4.90 Å². The zero-order valence-electron chi connectivity index (χ0n) is 35.3. The molecule has 302 valence electrons. The number of allylic oxidation sites excluding steroid dienone is 3. The van der Waals surface area contributed by atoms with Crippen LogP contribution in [0.3, 0.4) is 0 Å². The number of anilines is 2. The highest BCUT2D eigenvalue weighted by molar-refractivity contribution is 8.03. The van der Waals surface area contributed by atoms with Gasteiger partial charge in [-0.1, -0.05) is 212 Å². The summed E-state index contributed by atoms with van der Waals surface area (Å²) in [5, 5.41) is 7.62. The van der Waals surface area contributed by atoms with Gasteiger partial charge in [0.25, 0.3) is 0 Å². The zero-order chi connectivity index (χ0) is 42.6. The minimum absolute atomic E-state index is 0.537. The largest absolute Gasteiger partial charge is 0.310 e. The van der Waals surface area contributed by atoms with Crippen molar-refractivity contribution in [1.82, 2.24) is 0 Å². The first-order chi connectivity index (χ1) is 31.7. The lowest BCUT2D eigenvalue weighted by atomic mass is 9.67. The van der Waals surface area contributed by atoms with Crippen molar-refractivity contribution in [2.75, 3.05) is 4.90 Å². The summed E-state index contributed by atoms with van der Waals surface area (Å²) in [4.78, 5) is 4.73. The van der Waals surface area contributed by atoms with E-state index in [1.54, 1.807) is 11.8 Å². The third-order valence-electron chi connectivity index (χ3n) is 13.3. The summed E-state index contributed by atoms with van der Waals surface area (Å²) < 4.78 is 0. The van der Waals surface area contributed by atoms with E-state index in [0.29, 0.717) is 0 Å². The molecule has 2 heteroatoms. The maximum Gasteiger partial charge on any atom is 0.0714 e. The van der Waals surface area contributed by atoms with Crippen LogP contribution >= 0.6 is 11.8 Å². The summed E-state index contributed by atoms with van der Waals surface area (Å²) in [6, 6.07) is 80.7. The zero-order valence-corrected chi connectivity index (χ0v) is 36.1. The summed E-state index contributed by atoms with van der Waals surface area (Å²) in [6.07, 6.45) is 7.62. The van der Waals surface area contributed by atoms with Crippen molar-refractivity contribution < 1.29 is 0 Å². The summed E-state index contributed by atoms with van der Waals surface area (Å²) in [7, 11) is 0. The maximum atomic E-state index is 4.52. The molecule has 0 saturated heterocycles. The molecule has 0 radical (unpaired) electrons. The van der Waals surface area contributed by atoms with Crippen molar-refractivity contribution in [3.05, 3.63) is 282 Å². The molecule has 64 heavy (non-hydrogen) atoms. The Balaban J connectivity index is 1.13. The van der Waals surface area contributed by atoms with E-state index >= 15 is 0 Å². The van der Waals surface area contributed by atoms with Crippen molar-refractivity contribution in [1.29, 1.82) is 0 Å². The molecule has 1 aliphatic heterocycles. The highest BCUT2D eigenvalue weighted by Crippen LogP contribution is 2.57. The van der Waals surface area contributed by atoms with Gasteiger partial charge in [-0.2, -0.15) is 0 Å².